The fourth-order valence-electron chi connectivity index (χ4n) is 3.75. The Morgan fingerprint density at radius 1 is 1.22 bits per heavy atom. The van der Waals surface area contributed by atoms with Crippen molar-refractivity contribution in [2.75, 3.05) is 47.0 Å². The lowest BCUT2D eigenvalue weighted by atomic mass is 9.91. The number of aromatic amines is 1. The normalized spacial score (nSPS) is 19.7. The van der Waals surface area contributed by atoms with Crippen LogP contribution in [0.2, 0.25) is 0 Å². The number of amides is 1. The molecule has 0 bridgehead atoms. The van der Waals surface area contributed by atoms with E-state index in [-0.39, 0.29) is 30.9 Å². The van der Waals surface area contributed by atoms with Crippen LogP contribution in [0.1, 0.15) is 32.4 Å². The lowest BCUT2D eigenvalue weighted by Crippen LogP contribution is -2.49. The monoisotopic (exact) mass is 512 g/mol. The topological polar surface area (TPSA) is 114 Å². The third-order valence-corrected chi connectivity index (χ3v) is 5.89. The Kier molecular flexibility index (Phi) is 8.47. The first-order valence-corrected chi connectivity index (χ1v) is 12.3. The van der Waals surface area contributed by atoms with Crippen LogP contribution in [0.3, 0.4) is 0 Å². The zero-order valence-electron chi connectivity index (χ0n) is 21.6. The van der Waals surface area contributed by atoms with Gasteiger partial charge in [0.15, 0.2) is 5.82 Å². The lowest BCUT2D eigenvalue weighted by molar-refractivity contribution is -0.231. The summed E-state index contributed by atoms with van der Waals surface area (Å²) in [7, 11) is 3.90. The molecule has 1 aliphatic rings. The third kappa shape index (κ3) is 6.48. The standard InChI is InChI=1S/C26H33FN6O4/c1-5-14-35-25-29-11-10-19(30-25)21-20(17-6-8-18(27)9-7-17)31-22(32-21)23-36-15-26(2,16-37-23)24(34)28-12-13-33(3)4/h6-11,23H,5,12-16H2,1-4H3,(H,28,34)(H,31,32). The number of rotatable bonds is 10. The van der Waals surface area contributed by atoms with Gasteiger partial charge >= 0.3 is 6.01 Å². The second-order valence-corrected chi connectivity index (χ2v) is 9.50. The van der Waals surface area contributed by atoms with Gasteiger partial charge in [0, 0.05) is 24.8 Å². The van der Waals surface area contributed by atoms with Crippen LogP contribution < -0.4 is 10.1 Å². The number of ether oxygens (including phenoxy) is 3. The van der Waals surface area contributed by atoms with Crippen molar-refractivity contribution < 1.29 is 23.4 Å². The number of hydrogen-bond acceptors (Lipinski definition) is 8. The van der Waals surface area contributed by atoms with E-state index in [2.05, 4.69) is 20.3 Å². The van der Waals surface area contributed by atoms with Gasteiger partial charge in [0.2, 0.25) is 12.2 Å². The van der Waals surface area contributed by atoms with Gasteiger partial charge in [-0.3, -0.25) is 4.79 Å². The van der Waals surface area contributed by atoms with Gasteiger partial charge < -0.3 is 29.4 Å². The number of halogens is 1. The molecule has 1 fully saturated rings. The number of aromatic nitrogens is 4. The Hall–Kier alpha value is -3.41. The van der Waals surface area contributed by atoms with Gasteiger partial charge in [-0.2, -0.15) is 4.98 Å². The third-order valence-electron chi connectivity index (χ3n) is 5.89. The summed E-state index contributed by atoms with van der Waals surface area (Å²) >= 11 is 0. The summed E-state index contributed by atoms with van der Waals surface area (Å²) < 4.78 is 31.1. The number of carbonyl (C=O) groups is 1. The SMILES string of the molecule is CCCOc1nccc(-c2[nH]c(C3OCC(C)(C(=O)NCCN(C)C)CO3)nc2-c2ccc(F)cc2)n1. The van der Waals surface area contributed by atoms with E-state index in [1.54, 1.807) is 24.4 Å². The minimum atomic E-state index is -0.823. The predicted octanol–water partition coefficient (Wildman–Crippen LogP) is 3.19. The molecular formula is C26H33FN6O4. The average Bonchev–Trinajstić information content (AvgIpc) is 3.34. The molecule has 1 aromatic carbocycles. The summed E-state index contributed by atoms with van der Waals surface area (Å²) in [4.78, 5) is 31.4. The zero-order chi connectivity index (χ0) is 26.4. The summed E-state index contributed by atoms with van der Waals surface area (Å²) in [6.45, 7) is 5.91. The highest BCUT2D eigenvalue weighted by Crippen LogP contribution is 2.35. The molecule has 0 radical (unpaired) electrons. The molecule has 0 atom stereocenters. The Morgan fingerprint density at radius 2 is 1.95 bits per heavy atom. The van der Waals surface area contributed by atoms with Crippen LogP contribution in [0.15, 0.2) is 36.5 Å². The van der Waals surface area contributed by atoms with E-state index in [0.29, 0.717) is 41.6 Å². The van der Waals surface area contributed by atoms with E-state index in [9.17, 15) is 9.18 Å². The minimum Gasteiger partial charge on any atom is -0.463 e. The first-order chi connectivity index (χ1) is 17.8. The van der Waals surface area contributed by atoms with Crippen LogP contribution in [-0.4, -0.2) is 77.7 Å². The number of nitrogens with one attached hydrogen (secondary N) is 2. The first-order valence-electron chi connectivity index (χ1n) is 12.3. The summed E-state index contributed by atoms with van der Waals surface area (Å²) in [5, 5.41) is 2.94. The number of benzene rings is 1. The predicted molar refractivity (Wildman–Crippen MR) is 135 cm³/mol. The molecule has 1 saturated heterocycles. The highest BCUT2D eigenvalue weighted by Gasteiger charge is 2.40. The van der Waals surface area contributed by atoms with Crippen LogP contribution in [0.5, 0.6) is 6.01 Å². The Morgan fingerprint density at radius 3 is 2.62 bits per heavy atom. The molecule has 0 saturated carbocycles. The summed E-state index contributed by atoms with van der Waals surface area (Å²) in [5.41, 5.74) is 1.56. The van der Waals surface area contributed by atoms with E-state index >= 15 is 0 Å². The summed E-state index contributed by atoms with van der Waals surface area (Å²) in [6.07, 6.45) is 1.62. The van der Waals surface area contributed by atoms with Gasteiger partial charge in [-0.25, -0.2) is 14.4 Å². The molecule has 1 aliphatic heterocycles. The molecule has 2 N–H and O–H groups in total. The molecule has 0 spiro atoms. The molecule has 11 heteroatoms. The van der Waals surface area contributed by atoms with Gasteiger partial charge in [0.25, 0.3) is 0 Å². The first kappa shape index (κ1) is 26.6. The highest BCUT2D eigenvalue weighted by atomic mass is 19.1. The van der Waals surface area contributed by atoms with Crippen molar-refractivity contribution in [3.8, 4) is 28.7 Å². The van der Waals surface area contributed by atoms with Gasteiger partial charge in [-0.1, -0.05) is 6.92 Å². The fraction of sp³-hybridized carbons (Fsp3) is 0.462. The van der Waals surface area contributed by atoms with Crippen LogP contribution in [-0.2, 0) is 14.3 Å². The van der Waals surface area contributed by atoms with E-state index in [4.69, 9.17) is 19.2 Å². The maximum atomic E-state index is 13.6. The molecule has 10 nitrogen and oxygen atoms in total. The smallest absolute Gasteiger partial charge is 0.316 e. The lowest BCUT2D eigenvalue weighted by Gasteiger charge is -2.35. The van der Waals surface area contributed by atoms with Crippen molar-refractivity contribution in [1.82, 2.24) is 30.2 Å². The minimum absolute atomic E-state index is 0.125. The van der Waals surface area contributed by atoms with Crippen molar-refractivity contribution in [2.45, 2.75) is 26.6 Å². The molecule has 37 heavy (non-hydrogen) atoms. The number of likely N-dealkylation sites (N-methyl/N-ethyl adjacent to an activating group) is 1. The van der Waals surface area contributed by atoms with Crippen LogP contribution in [0.4, 0.5) is 4.39 Å². The number of H-pyrrole nitrogens is 1. The number of imidazole rings is 1. The summed E-state index contributed by atoms with van der Waals surface area (Å²) in [6, 6.07) is 8.02. The van der Waals surface area contributed by atoms with Crippen molar-refractivity contribution in [1.29, 1.82) is 0 Å². The van der Waals surface area contributed by atoms with Crippen LogP contribution in [0, 0.1) is 11.2 Å². The van der Waals surface area contributed by atoms with E-state index in [0.717, 1.165) is 13.0 Å². The largest absolute Gasteiger partial charge is 0.463 e. The molecule has 1 amide bonds. The van der Waals surface area contributed by atoms with E-state index in [1.165, 1.54) is 12.1 Å². The number of nitrogens with zero attached hydrogens (tertiary/aromatic N) is 4. The molecule has 3 aromatic rings. The summed E-state index contributed by atoms with van der Waals surface area (Å²) in [5.74, 6) is -0.0556. The van der Waals surface area contributed by atoms with Crippen molar-refractivity contribution in [3.63, 3.8) is 0 Å². The zero-order valence-corrected chi connectivity index (χ0v) is 21.6. The van der Waals surface area contributed by atoms with Gasteiger partial charge in [0.05, 0.1) is 42.3 Å². The Balaban J connectivity index is 1.57. The quantitative estimate of drug-likeness (QED) is 0.426. The number of carbonyl (C=O) groups excluding carboxylic acids is 1. The fourth-order valence-corrected chi connectivity index (χ4v) is 3.75. The molecule has 198 valence electrons. The molecule has 2 aromatic heterocycles. The molecule has 0 aliphatic carbocycles. The average molecular weight is 513 g/mol. The van der Waals surface area contributed by atoms with E-state index in [1.807, 2.05) is 32.8 Å². The van der Waals surface area contributed by atoms with E-state index < -0.39 is 11.7 Å². The molecular weight excluding hydrogens is 479 g/mol. The van der Waals surface area contributed by atoms with Crippen molar-refractivity contribution in [2.24, 2.45) is 5.41 Å². The molecule has 3 heterocycles. The van der Waals surface area contributed by atoms with Crippen molar-refractivity contribution >= 4 is 5.91 Å². The highest BCUT2D eigenvalue weighted by molar-refractivity contribution is 5.82. The molecule has 0 unspecified atom stereocenters. The second-order valence-electron chi connectivity index (χ2n) is 9.50. The number of hydrogen-bond donors (Lipinski definition) is 2. The van der Waals surface area contributed by atoms with Gasteiger partial charge in [0.1, 0.15) is 5.82 Å². The Labute approximate surface area is 215 Å². The maximum absolute atomic E-state index is 13.6. The van der Waals surface area contributed by atoms with Gasteiger partial charge in [-0.15, -0.1) is 0 Å². The second kappa shape index (κ2) is 11.8. The molecule has 4 rings (SSSR count). The maximum Gasteiger partial charge on any atom is 0.316 e. The van der Waals surface area contributed by atoms with Crippen molar-refractivity contribution in [3.05, 3.63) is 48.2 Å². The Bertz CT molecular complexity index is 1190. The van der Waals surface area contributed by atoms with Crippen LogP contribution >= 0.6 is 0 Å². The van der Waals surface area contributed by atoms with Crippen LogP contribution in [0.25, 0.3) is 22.6 Å². The van der Waals surface area contributed by atoms with Gasteiger partial charge in [-0.05, 0) is 57.8 Å².